The number of fused-ring (bicyclic) bond motifs is 1. The van der Waals surface area contributed by atoms with Crippen LogP contribution in [0.5, 0.6) is 0 Å². The van der Waals surface area contributed by atoms with Crippen LogP contribution in [0.3, 0.4) is 0 Å². The van der Waals surface area contributed by atoms with Gasteiger partial charge in [0.2, 0.25) is 5.65 Å². The average Bonchev–Trinajstić information content (AvgIpc) is 3.82. The van der Waals surface area contributed by atoms with Crippen LogP contribution in [-0.4, -0.2) is 40.5 Å². The predicted octanol–water partition coefficient (Wildman–Crippen LogP) is 4.92. The SMILES string of the molecule is CCSc1ccc(CNc2nc3nnc(-c4c(C)ncnc4C4CC4)cc3n(C(C)C3CC3)c2=O)nc1. The largest absolute Gasteiger partial charge is 0.360 e. The molecule has 6 rings (SSSR count). The number of thioether (sulfide) groups is 1. The molecule has 0 spiro atoms. The zero-order valence-corrected chi connectivity index (χ0v) is 22.1. The first-order chi connectivity index (χ1) is 18.0. The Morgan fingerprint density at radius 1 is 1.14 bits per heavy atom. The average molecular weight is 515 g/mol. The van der Waals surface area contributed by atoms with Crippen LogP contribution >= 0.6 is 11.8 Å². The summed E-state index contributed by atoms with van der Waals surface area (Å²) in [4.78, 5) is 33.0. The second kappa shape index (κ2) is 9.81. The van der Waals surface area contributed by atoms with Gasteiger partial charge in [-0.1, -0.05) is 6.92 Å². The van der Waals surface area contributed by atoms with Gasteiger partial charge in [-0.25, -0.2) is 15.0 Å². The molecule has 0 aromatic carbocycles. The molecule has 0 amide bonds. The molecule has 0 aliphatic heterocycles. The van der Waals surface area contributed by atoms with Gasteiger partial charge in [-0.15, -0.1) is 22.0 Å². The van der Waals surface area contributed by atoms with Gasteiger partial charge in [0.25, 0.3) is 5.56 Å². The minimum atomic E-state index is -0.146. The van der Waals surface area contributed by atoms with Gasteiger partial charge in [0.05, 0.1) is 34.8 Å². The maximum Gasteiger partial charge on any atom is 0.294 e. The summed E-state index contributed by atoms with van der Waals surface area (Å²) in [5, 5.41) is 12.2. The van der Waals surface area contributed by atoms with E-state index in [4.69, 9.17) is 0 Å². The van der Waals surface area contributed by atoms with Crippen molar-refractivity contribution in [3.63, 3.8) is 0 Å². The quantitative estimate of drug-likeness (QED) is 0.311. The highest BCUT2D eigenvalue weighted by molar-refractivity contribution is 7.99. The van der Waals surface area contributed by atoms with Crippen molar-refractivity contribution in [3.8, 4) is 11.3 Å². The van der Waals surface area contributed by atoms with Crippen LogP contribution in [0, 0.1) is 12.8 Å². The lowest BCUT2D eigenvalue weighted by molar-refractivity contribution is 0.485. The molecule has 2 fully saturated rings. The molecule has 1 unspecified atom stereocenters. The molecule has 0 saturated heterocycles. The molecule has 1 N–H and O–H groups in total. The number of hydrogen-bond donors (Lipinski definition) is 1. The lowest BCUT2D eigenvalue weighted by atomic mass is 10.0. The Kier molecular flexibility index (Phi) is 6.36. The number of rotatable bonds is 9. The highest BCUT2D eigenvalue weighted by Gasteiger charge is 2.33. The van der Waals surface area contributed by atoms with E-state index in [0.717, 1.165) is 59.0 Å². The summed E-state index contributed by atoms with van der Waals surface area (Å²) in [5.74, 6) is 2.19. The van der Waals surface area contributed by atoms with Crippen LogP contribution in [0.4, 0.5) is 5.82 Å². The summed E-state index contributed by atoms with van der Waals surface area (Å²) in [6.45, 7) is 6.60. The Bertz CT molecular complexity index is 1510. The summed E-state index contributed by atoms with van der Waals surface area (Å²) in [7, 11) is 0. The lowest BCUT2D eigenvalue weighted by Gasteiger charge is -2.19. The van der Waals surface area contributed by atoms with Crippen LogP contribution in [-0.2, 0) is 6.54 Å². The minimum absolute atomic E-state index is 0.0371. The molecular formula is C27H30N8OS. The maximum absolute atomic E-state index is 13.8. The van der Waals surface area contributed by atoms with Gasteiger partial charge < -0.3 is 5.32 Å². The number of aromatic nitrogens is 7. The summed E-state index contributed by atoms with van der Waals surface area (Å²) in [6, 6.07) is 6.01. The number of pyridine rings is 1. The normalized spacial score (nSPS) is 16.2. The van der Waals surface area contributed by atoms with E-state index in [0.29, 0.717) is 35.2 Å². The van der Waals surface area contributed by atoms with E-state index < -0.39 is 0 Å². The van der Waals surface area contributed by atoms with Gasteiger partial charge in [-0.2, -0.15) is 0 Å². The monoisotopic (exact) mass is 514 g/mol. The number of nitrogens with zero attached hydrogens (tertiary/aromatic N) is 7. The molecule has 4 aromatic rings. The molecule has 9 nitrogen and oxygen atoms in total. The summed E-state index contributed by atoms with van der Waals surface area (Å²) in [6.07, 6.45) is 7.98. The molecule has 190 valence electrons. The summed E-state index contributed by atoms with van der Waals surface area (Å²) in [5.41, 5.74) is 5.36. The molecule has 4 heterocycles. The number of aryl methyl sites for hydroxylation is 1. The van der Waals surface area contributed by atoms with Crippen molar-refractivity contribution in [3.05, 3.63) is 58.2 Å². The molecule has 10 heteroatoms. The molecule has 1 atom stereocenters. The van der Waals surface area contributed by atoms with Crippen molar-refractivity contribution in [2.45, 2.75) is 69.9 Å². The molecule has 2 aliphatic carbocycles. The Morgan fingerprint density at radius 3 is 2.68 bits per heavy atom. The first kappa shape index (κ1) is 24.0. The van der Waals surface area contributed by atoms with Gasteiger partial charge in [-0.3, -0.25) is 14.3 Å². The second-order valence-corrected chi connectivity index (χ2v) is 11.3. The van der Waals surface area contributed by atoms with E-state index in [1.54, 1.807) is 18.1 Å². The Morgan fingerprint density at radius 2 is 1.97 bits per heavy atom. The summed E-state index contributed by atoms with van der Waals surface area (Å²) >= 11 is 1.75. The number of hydrogen-bond acceptors (Lipinski definition) is 9. The third kappa shape index (κ3) is 4.82. The molecule has 2 saturated carbocycles. The molecule has 4 aromatic heterocycles. The van der Waals surface area contributed by atoms with Gasteiger partial charge in [0, 0.05) is 28.6 Å². The zero-order valence-electron chi connectivity index (χ0n) is 21.3. The first-order valence-corrected chi connectivity index (χ1v) is 14.0. The summed E-state index contributed by atoms with van der Waals surface area (Å²) < 4.78 is 1.85. The van der Waals surface area contributed by atoms with Crippen molar-refractivity contribution < 1.29 is 0 Å². The van der Waals surface area contributed by atoms with Crippen molar-refractivity contribution >= 4 is 28.7 Å². The third-order valence-corrected chi connectivity index (χ3v) is 8.06. The number of anilines is 1. The van der Waals surface area contributed by atoms with E-state index in [1.165, 1.54) is 0 Å². The minimum Gasteiger partial charge on any atom is -0.360 e. The van der Waals surface area contributed by atoms with Crippen molar-refractivity contribution in [2.75, 3.05) is 11.1 Å². The van der Waals surface area contributed by atoms with Crippen molar-refractivity contribution in [2.24, 2.45) is 5.92 Å². The first-order valence-electron chi connectivity index (χ1n) is 13.0. The third-order valence-electron chi connectivity index (χ3n) is 7.20. The van der Waals surface area contributed by atoms with Crippen LogP contribution in [0.15, 0.2) is 40.4 Å². The highest BCUT2D eigenvalue weighted by atomic mass is 32.2. The molecule has 2 aliphatic rings. The van der Waals surface area contributed by atoms with Gasteiger partial charge in [0.15, 0.2) is 5.82 Å². The molecule has 0 bridgehead atoms. The van der Waals surface area contributed by atoms with E-state index in [-0.39, 0.29) is 17.4 Å². The van der Waals surface area contributed by atoms with Crippen LogP contribution in [0.25, 0.3) is 22.4 Å². The zero-order chi connectivity index (χ0) is 25.5. The molecular weight excluding hydrogens is 484 g/mol. The Hall–Kier alpha value is -3.40. The van der Waals surface area contributed by atoms with Gasteiger partial charge >= 0.3 is 0 Å². The highest BCUT2D eigenvalue weighted by Crippen LogP contribution is 2.44. The maximum atomic E-state index is 13.8. The van der Waals surface area contributed by atoms with Crippen LogP contribution in [0.1, 0.15) is 68.6 Å². The fourth-order valence-electron chi connectivity index (χ4n) is 4.86. The standard InChI is InChI=1S/C27H30N8OS/c1-4-37-20-10-9-19(28-13-20)12-29-26-27(36)35(16(3)17-5-6-17)22-11-21(33-34-25(22)32-26)23-15(2)30-14-31-24(23)18-7-8-18/h9-11,13-14,16-18H,4-8,12H2,1-3H3,(H,29,32,34). The van der Waals surface area contributed by atoms with Crippen molar-refractivity contribution in [1.82, 2.24) is 34.7 Å². The molecule has 37 heavy (non-hydrogen) atoms. The van der Waals surface area contributed by atoms with E-state index in [2.05, 4.69) is 55.4 Å². The van der Waals surface area contributed by atoms with E-state index >= 15 is 0 Å². The fraction of sp³-hybridized carbons (Fsp3) is 0.444. The van der Waals surface area contributed by atoms with Gasteiger partial charge in [-0.05, 0) is 69.4 Å². The van der Waals surface area contributed by atoms with Crippen LogP contribution in [0.2, 0.25) is 0 Å². The molecule has 0 radical (unpaired) electrons. The second-order valence-electron chi connectivity index (χ2n) is 9.92. The number of nitrogens with one attached hydrogen (secondary N) is 1. The van der Waals surface area contributed by atoms with E-state index in [1.807, 2.05) is 29.8 Å². The van der Waals surface area contributed by atoms with Crippen molar-refractivity contribution in [1.29, 1.82) is 0 Å². The van der Waals surface area contributed by atoms with Gasteiger partial charge in [0.1, 0.15) is 6.33 Å². The lowest BCUT2D eigenvalue weighted by Crippen LogP contribution is -2.29. The predicted molar refractivity (Wildman–Crippen MR) is 145 cm³/mol. The van der Waals surface area contributed by atoms with E-state index in [9.17, 15) is 4.79 Å². The fourth-order valence-corrected chi connectivity index (χ4v) is 5.48. The Balaban J connectivity index is 1.40. The Labute approximate surface area is 219 Å². The van der Waals surface area contributed by atoms with Crippen LogP contribution < -0.4 is 10.9 Å². The topological polar surface area (TPSA) is 111 Å². The smallest absolute Gasteiger partial charge is 0.294 e.